The molecule has 1 aliphatic rings. The Kier molecular flexibility index (Phi) is 5.65. The van der Waals surface area contributed by atoms with Crippen molar-refractivity contribution < 1.29 is 0 Å². The average molecular weight is 196 g/mol. The molecular weight excluding hydrogens is 172 g/mol. The van der Waals surface area contributed by atoms with Crippen LogP contribution in [-0.2, 0) is 0 Å². The summed E-state index contributed by atoms with van der Waals surface area (Å²) < 4.78 is 0. The third-order valence-electron chi connectivity index (χ3n) is 3.02. The molecule has 0 spiro atoms. The third kappa shape index (κ3) is 3.69. The largest absolute Gasteiger partial charge is 0.310 e. The van der Waals surface area contributed by atoms with E-state index < -0.39 is 0 Å². The lowest BCUT2D eigenvalue weighted by molar-refractivity contribution is 0.433. The molecule has 0 saturated heterocycles. The molecule has 1 rings (SSSR count). The van der Waals surface area contributed by atoms with Crippen LogP contribution in [0.2, 0.25) is 0 Å². The minimum atomic E-state index is 0.776. The lowest BCUT2D eigenvalue weighted by atomic mass is 9.85. The topological polar surface area (TPSA) is 24.4 Å². The summed E-state index contributed by atoms with van der Waals surface area (Å²) in [6, 6.07) is 0. The Morgan fingerprint density at radius 2 is 1.93 bits per heavy atom. The first kappa shape index (κ1) is 11.5. The molecule has 0 heterocycles. The molecule has 0 bridgehead atoms. The second-order valence-electron chi connectivity index (χ2n) is 4.20. The highest BCUT2D eigenvalue weighted by Gasteiger charge is 2.17. The minimum Gasteiger partial charge on any atom is -0.310 e. The number of hydrogen-bond acceptors (Lipinski definition) is 2. The quantitative estimate of drug-likeness (QED) is 0.407. The fourth-order valence-corrected chi connectivity index (χ4v) is 2.16. The van der Waals surface area contributed by atoms with E-state index in [4.69, 9.17) is 0 Å². The fourth-order valence-electron chi connectivity index (χ4n) is 2.16. The molecule has 14 heavy (non-hydrogen) atoms. The van der Waals surface area contributed by atoms with Crippen molar-refractivity contribution >= 4 is 5.71 Å². The van der Waals surface area contributed by atoms with Crippen molar-refractivity contribution in [2.24, 2.45) is 11.0 Å². The summed E-state index contributed by atoms with van der Waals surface area (Å²) >= 11 is 0. The average Bonchev–Trinajstić information content (AvgIpc) is 2.26. The van der Waals surface area contributed by atoms with Gasteiger partial charge in [0.05, 0.1) is 0 Å². The van der Waals surface area contributed by atoms with Gasteiger partial charge in [-0.1, -0.05) is 33.1 Å². The van der Waals surface area contributed by atoms with Crippen LogP contribution in [-0.4, -0.2) is 12.3 Å². The van der Waals surface area contributed by atoms with Gasteiger partial charge in [0.2, 0.25) is 0 Å². The second-order valence-corrected chi connectivity index (χ2v) is 4.20. The van der Waals surface area contributed by atoms with E-state index in [0.29, 0.717) is 0 Å². The SMILES string of the molecule is CCCNN=C(CC)C1CCCCC1. The van der Waals surface area contributed by atoms with Crippen LogP contribution in [0.5, 0.6) is 0 Å². The molecular formula is C12H24N2. The van der Waals surface area contributed by atoms with Crippen LogP contribution in [0.1, 0.15) is 58.8 Å². The zero-order valence-corrected chi connectivity index (χ0v) is 9.68. The second kappa shape index (κ2) is 6.86. The number of rotatable bonds is 5. The van der Waals surface area contributed by atoms with Crippen LogP contribution in [0, 0.1) is 5.92 Å². The van der Waals surface area contributed by atoms with Gasteiger partial charge in [-0.15, -0.1) is 0 Å². The van der Waals surface area contributed by atoms with Crippen molar-refractivity contribution in [1.82, 2.24) is 5.43 Å². The Bertz CT molecular complexity index is 169. The van der Waals surface area contributed by atoms with Crippen molar-refractivity contribution in [2.75, 3.05) is 6.54 Å². The van der Waals surface area contributed by atoms with E-state index in [0.717, 1.165) is 25.3 Å². The molecule has 0 unspecified atom stereocenters. The van der Waals surface area contributed by atoms with Crippen LogP contribution in [0.15, 0.2) is 5.10 Å². The van der Waals surface area contributed by atoms with E-state index >= 15 is 0 Å². The summed E-state index contributed by atoms with van der Waals surface area (Å²) in [5.41, 5.74) is 4.57. The van der Waals surface area contributed by atoms with Gasteiger partial charge in [0.25, 0.3) is 0 Å². The van der Waals surface area contributed by atoms with Crippen LogP contribution in [0.4, 0.5) is 0 Å². The summed E-state index contributed by atoms with van der Waals surface area (Å²) in [6.45, 7) is 5.41. The van der Waals surface area contributed by atoms with E-state index in [1.165, 1.54) is 37.8 Å². The molecule has 1 aliphatic carbocycles. The van der Waals surface area contributed by atoms with Gasteiger partial charge < -0.3 is 5.43 Å². The molecule has 2 nitrogen and oxygen atoms in total. The Hall–Kier alpha value is -0.530. The zero-order chi connectivity index (χ0) is 10.2. The third-order valence-corrected chi connectivity index (χ3v) is 3.02. The summed E-state index contributed by atoms with van der Waals surface area (Å²) in [5.74, 6) is 0.776. The van der Waals surface area contributed by atoms with Crippen molar-refractivity contribution in [1.29, 1.82) is 0 Å². The Balaban J connectivity index is 2.38. The molecule has 0 radical (unpaired) electrons. The summed E-state index contributed by atoms with van der Waals surface area (Å²) in [6.07, 6.45) is 9.22. The first-order valence-electron chi connectivity index (χ1n) is 6.17. The monoisotopic (exact) mass is 196 g/mol. The van der Waals surface area contributed by atoms with Crippen molar-refractivity contribution in [3.63, 3.8) is 0 Å². The normalized spacial score (nSPS) is 19.7. The molecule has 0 atom stereocenters. The van der Waals surface area contributed by atoms with Gasteiger partial charge in [-0.05, 0) is 31.6 Å². The van der Waals surface area contributed by atoms with E-state index in [-0.39, 0.29) is 0 Å². The molecule has 1 fully saturated rings. The van der Waals surface area contributed by atoms with Crippen molar-refractivity contribution in [3.8, 4) is 0 Å². The highest BCUT2D eigenvalue weighted by Crippen LogP contribution is 2.25. The maximum absolute atomic E-state index is 4.52. The fraction of sp³-hybridized carbons (Fsp3) is 0.917. The van der Waals surface area contributed by atoms with E-state index in [9.17, 15) is 0 Å². The Morgan fingerprint density at radius 3 is 2.50 bits per heavy atom. The smallest absolute Gasteiger partial charge is 0.0406 e. The maximum Gasteiger partial charge on any atom is 0.0406 e. The highest BCUT2D eigenvalue weighted by molar-refractivity contribution is 5.86. The van der Waals surface area contributed by atoms with E-state index in [2.05, 4.69) is 24.4 Å². The maximum atomic E-state index is 4.52. The first-order chi connectivity index (χ1) is 6.88. The lowest BCUT2D eigenvalue weighted by Crippen LogP contribution is -2.20. The van der Waals surface area contributed by atoms with E-state index in [1.807, 2.05) is 0 Å². The van der Waals surface area contributed by atoms with E-state index in [1.54, 1.807) is 0 Å². The molecule has 0 amide bonds. The number of nitrogens with one attached hydrogen (secondary N) is 1. The Labute approximate surface area is 88.2 Å². The molecule has 0 aromatic carbocycles. The number of nitrogens with zero attached hydrogens (tertiary/aromatic N) is 1. The van der Waals surface area contributed by atoms with Crippen LogP contribution < -0.4 is 5.43 Å². The Morgan fingerprint density at radius 1 is 1.21 bits per heavy atom. The minimum absolute atomic E-state index is 0.776. The number of hydrazone groups is 1. The highest BCUT2D eigenvalue weighted by atomic mass is 15.3. The summed E-state index contributed by atoms with van der Waals surface area (Å²) in [5, 5.41) is 4.52. The molecule has 0 aromatic rings. The van der Waals surface area contributed by atoms with Gasteiger partial charge in [-0.3, -0.25) is 0 Å². The molecule has 0 aliphatic heterocycles. The van der Waals surface area contributed by atoms with Gasteiger partial charge in [0, 0.05) is 12.3 Å². The van der Waals surface area contributed by atoms with Crippen molar-refractivity contribution in [2.45, 2.75) is 58.8 Å². The van der Waals surface area contributed by atoms with Gasteiger partial charge in [-0.25, -0.2) is 0 Å². The van der Waals surface area contributed by atoms with Gasteiger partial charge in [0.1, 0.15) is 0 Å². The summed E-state index contributed by atoms with van der Waals surface area (Å²) in [7, 11) is 0. The van der Waals surface area contributed by atoms with Gasteiger partial charge in [0.15, 0.2) is 0 Å². The van der Waals surface area contributed by atoms with Gasteiger partial charge >= 0.3 is 0 Å². The van der Waals surface area contributed by atoms with Crippen LogP contribution in [0.3, 0.4) is 0 Å². The van der Waals surface area contributed by atoms with Crippen molar-refractivity contribution in [3.05, 3.63) is 0 Å². The number of hydrogen-bond donors (Lipinski definition) is 1. The standard InChI is InChI=1S/C12H24N2/c1-3-10-13-14-12(4-2)11-8-6-5-7-9-11/h11,13H,3-10H2,1-2H3. The molecule has 0 aromatic heterocycles. The molecule has 1 saturated carbocycles. The predicted molar refractivity (Wildman–Crippen MR) is 62.6 cm³/mol. The van der Waals surface area contributed by atoms with Crippen LogP contribution >= 0.6 is 0 Å². The van der Waals surface area contributed by atoms with Gasteiger partial charge in [-0.2, -0.15) is 5.10 Å². The molecule has 82 valence electrons. The summed E-state index contributed by atoms with van der Waals surface area (Å²) in [4.78, 5) is 0. The zero-order valence-electron chi connectivity index (χ0n) is 9.68. The molecule has 1 N–H and O–H groups in total. The lowest BCUT2D eigenvalue weighted by Gasteiger charge is -2.22. The first-order valence-corrected chi connectivity index (χ1v) is 6.17. The molecule has 2 heteroatoms. The van der Waals surface area contributed by atoms with Crippen LogP contribution in [0.25, 0.3) is 0 Å². The predicted octanol–water partition coefficient (Wildman–Crippen LogP) is 3.33.